The van der Waals surface area contributed by atoms with Gasteiger partial charge in [-0.1, -0.05) is 6.08 Å². The Morgan fingerprint density at radius 3 is 2.94 bits per heavy atom. The molecule has 0 saturated heterocycles. The van der Waals surface area contributed by atoms with Crippen LogP contribution >= 0.6 is 0 Å². The SMILES string of the molecule is O=[N+]([O-])c1ccc(CN2C=CC=CC2O)o1. The van der Waals surface area contributed by atoms with E-state index >= 15 is 0 Å². The van der Waals surface area contributed by atoms with Crippen LogP contribution in [0, 0.1) is 10.1 Å². The lowest BCUT2D eigenvalue weighted by atomic mass is 10.3. The fourth-order valence-electron chi connectivity index (χ4n) is 1.40. The first-order valence-electron chi connectivity index (χ1n) is 4.69. The van der Waals surface area contributed by atoms with E-state index in [9.17, 15) is 15.2 Å². The van der Waals surface area contributed by atoms with Gasteiger partial charge < -0.3 is 14.4 Å². The lowest BCUT2D eigenvalue weighted by molar-refractivity contribution is -0.402. The van der Waals surface area contributed by atoms with Gasteiger partial charge in [0.1, 0.15) is 16.9 Å². The Bertz CT molecular complexity index is 449. The summed E-state index contributed by atoms with van der Waals surface area (Å²) < 4.78 is 4.99. The van der Waals surface area contributed by atoms with Gasteiger partial charge in [-0.05, 0) is 18.2 Å². The molecule has 1 N–H and O–H groups in total. The molecular formula is C10H10N2O4. The maximum atomic E-state index is 10.4. The second kappa shape index (κ2) is 4.19. The number of nitro groups is 1. The molecule has 1 aliphatic heterocycles. The van der Waals surface area contributed by atoms with E-state index in [-0.39, 0.29) is 12.4 Å². The van der Waals surface area contributed by atoms with Crippen LogP contribution in [0.3, 0.4) is 0 Å². The fourth-order valence-corrected chi connectivity index (χ4v) is 1.40. The summed E-state index contributed by atoms with van der Waals surface area (Å²) in [6.07, 6.45) is 6.07. The summed E-state index contributed by atoms with van der Waals surface area (Å²) >= 11 is 0. The minimum absolute atomic E-state index is 0.288. The van der Waals surface area contributed by atoms with Crippen LogP contribution in [0.25, 0.3) is 0 Å². The largest absolute Gasteiger partial charge is 0.433 e. The highest BCUT2D eigenvalue weighted by Crippen LogP contribution is 2.19. The molecule has 6 heteroatoms. The molecule has 0 aliphatic carbocycles. The Balaban J connectivity index is 2.06. The van der Waals surface area contributed by atoms with Gasteiger partial charge in [-0.25, -0.2) is 0 Å². The van der Waals surface area contributed by atoms with Crippen molar-refractivity contribution in [2.24, 2.45) is 0 Å². The summed E-state index contributed by atoms with van der Waals surface area (Å²) in [5, 5.41) is 20.0. The van der Waals surface area contributed by atoms with E-state index in [0.29, 0.717) is 5.76 Å². The molecule has 2 rings (SSSR count). The normalized spacial score (nSPS) is 19.1. The van der Waals surface area contributed by atoms with Crippen molar-refractivity contribution in [3.05, 3.63) is 52.4 Å². The number of aliphatic hydroxyl groups is 1. The van der Waals surface area contributed by atoms with Crippen molar-refractivity contribution >= 4 is 5.88 Å². The molecule has 0 spiro atoms. The summed E-state index contributed by atoms with van der Waals surface area (Å²) in [7, 11) is 0. The number of furan rings is 1. The lowest BCUT2D eigenvalue weighted by Crippen LogP contribution is -2.29. The predicted molar refractivity (Wildman–Crippen MR) is 55.2 cm³/mol. The smallest absolute Gasteiger partial charge is 0.404 e. The molecule has 0 amide bonds. The number of aliphatic hydroxyl groups excluding tert-OH is 1. The van der Waals surface area contributed by atoms with Gasteiger partial charge in [0.2, 0.25) is 0 Å². The first-order chi connectivity index (χ1) is 7.66. The van der Waals surface area contributed by atoms with Gasteiger partial charge in [0, 0.05) is 6.20 Å². The van der Waals surface area contributed by atoms with Crippen LogP contribution in [0.15, 0.2) is 41.0 Å². The number of hydrogen-bond donors (Lipinski definition) is 1. The zero-order valence-corrected chi connectivity index (χ0v) is 8.31. The van der Waals surface area contributed by atoms with Gasteiger partial charge in [0.25, 0.3) is 0 Å². The minimum atomic E-state index is -0.728. The number of hydrogen-bond acceptors (Lipinski definition) is 5. The van der Waals surface area contributed by atoms with E-state index in [1.165, 1.54) is 12.1 Å². The van der Waals surface area contributed by atoms with Crippen molar-refractivity contribution in [3.8, 4) is 0 Å². The Morgan fingerprint density at radius 2 is 2.31 bits per heavy atom. The first-order valence-corrected chi connectivity index (χ1v) is 4.69. The standard InChI is InChI=1S/C10H10N2O4/c13-9-3-1-2-6-11(9)7-8-4-5-10(16-8)12(14)15/h1-6,9,13H,7H2. The van der Waals surface area contributed by atoms with Crippen LogP contribution in [-0.4, -0.2) is 21.2 Å². The molecule has 6 nitrogen and oxygen atoms in total. The Kier molecular flexibility index (Phi) is 2.74. The van der Waals surface area contributed by atoms with Crippen molar-refractivity contribution in [1.82, 2.24) is 4.90 Å². The zero-order chi connectivity index (χ0) is 11.5. The van der Waals surface area contributed by atoms with Gasteiger partial charge in [0.15, 0.2) is 0 Å². The highest BCUT2D eigenvalue weighted by molar-refractivity contribution is 5.19. The summed E-state index contributed by atoms with van der Waals surface area (Å²) in [5.41, 5.74) is 0. The molecule has 1 aliphatic rings. The maximum absolute atomic E-state index is 10.4. The molecule has 0 radical (unpaired) electrons. The Hall–Kier alpha value is -2.08. The highest BCUT2D eigenvalue weighted by Gasteiger charge is 2.16. The summed E-state index contributed by atoms with van der Waals surface area (Å²) in [6.45, 7) is 0.288. The van der Waals surface area contributed by atoms with Gasteiger partial charge >= 0.3 is 5.88 Å². The Labute approximate surface area is 91.2 Å². The van der Waals surface area contributed by atoms with E-state index in [4.69, 9.17) is 4.42 Å². The van der Waals surface area contributed by atoms with E-state index in [2.05, 4.69) is 0 Å². The molecule has 1 unspecified atom stereocenters. The second-order valence-corrected chi connectivity index (χ2v) is 3.31. The molecule has 0 bridgehead atoms. The molecule has 2 heterocycles. The molecule has 84 valence electrons. The third kappa shape index (κ3) is 2.12. The fraction of sp³-hybridized carbons (Fsp3) is 0.200. The van der Waals surface area contributed by atoms with Gasteiger partial charge in [-0.3, -0.25) is 10.1 Å². The average molecular weight is 222 g/mol. The van der Waals surface area contributed by atoms with Gasteiger partial charge in [-0.15, -0.1) is 0 Å². The third-order valence-corrected chi connectivity index (χ3v) is 2.18. The quantitative estimate of drug-likeness (QED) is 0.617. The van der Waals surface area contributed by atoms with Crippen molar-refractivity contribution < 1.29 is 14.4 Å². The molecule has 0 aromatic carbocycles. The minimum Gasteiger partial charge on any atom is -0.404 e. The number of allylic oxidation sites excluding steroid dienone is 2. The summed E-state index contributed by atoms with van der Waals surface area (Å²) in [6, 6.07) is 2.82. The zero-order valence-electron chi connectivity index (χ0n) is 8.31. The van der Waals surface area contributed by atoms with Gasteiger partial charge in [-0.2, -0.15) is 0 Å². The highest BCUT2D eigenvalue weighted by atomic mass is 16.6. The van der Waals surface area contributed by atoms with Crippen molar-refractivity contribution in [2.75, 3.05) is 0 Å². The van der Waals surface area contributed by atoms with Crippen molar-refractivity contribution in [2.45, 2.75) is 12.8 Å². The Morgan fingerprint density at radius 1 is 1.50 bits per heavy atom. The molecule has 16 heavy (non-hydrogen) atoms. The second-order valence-electron chi connectivity index (χ2n) is 3.31. The number of nitrogens with zero attached hydrogens (tertiary/aromatic N) is 2. The summed E-state index contributed by atoms with van der Waals surface area (Å²) in [5.74, 6) is 0.145. The van der Waals surface area contributed by atoms with Crippen LogP contribution in [0.4, 0.5) is 5.88 Å². The van der Waals surface area contributed by atoms with Crippen LogP contribution < -0.4 is 0 Å². The van der Waals surface area contributed by atoms with E-state index in [1.807, 2.05) is 0 Å². The van der Waals surface area contributed by atoms with E-state index < -0.39 is 11.2 Å². The molecule has 1 atom stereocenters. The third-order valence-electron chi connectivity index (χ3n) is 2.18. The molecule has 1 aromatic rings. The van der Waals surface area contributed by atoms with Crippen molar-refractivity contribution in [3.63, 3.8) is 0 Å². The van der Waals surface area contributed by atoms with Crippen molar-refractivity contribution in [1.29, 1.82) is 0 Å². The molecule has 1 aromatic heterocycles. The molecular weight excluding hydrogens is 212 g/mol. The monoisotopic (exact) mass is 222 g/mol. The predicted octanol–water partition coefficient (Wildman–Crippen LogP) is 1.39. The molecule has 0 fully saturated rings. The number of rotatable bonds is 3. The van der Waals surface area contributed by atoms with Crippen LogP contribution in [0.2, 0.25) is 0 Å². The first kappa shape index (κ1) is 10.4. The topological polar surface area (TPSA) is 79.8 Å². The lowest BCUT2D eigenvalue weighted by Gasteiger charge is -2.24. The molecule has 0 saturated carbocycles. The van der Waals surface area contributed by atoms with E-state index in [0.717, 1.165) is 0 Å². The van der Waals surface area contributed by atoms with Gasteiger partial charge in [0.05, 0.1) is 12.6 Å². The van der Waals surface area contributed by atoms with Crippen LogP contribution in [0.5, 0.6) is 0 Å². The van der Waals surface area contributed by atoms with Crippen LogP contribution in [-0.2, 0) is 6.54 Å². The summed E-state index contributed by atoms with van der Waals surface area (Å²) in [4.78, 5) is 11.4. The van der Waals surface area contributed by atoms with Crippen LogP contribution in [0.1, 0.15) is 5.76 Å². The van der Waals surface area contributed by atoms with E-state index in [1.54, 1.807) is 29.3 Å². The average Bonchev–Trinajstić information content (AvgIpc) is 2.70. The maximum Gasteiger partial charge on any atom is 0.433 e.